The fourth-order valence-electron chi connectivity index (χ4n) is 4.06. The van der Waals surface area contributed by atoms with E-state index in [1.807, 2.05) is 11.0 Å². The number of aryl methyl sites for hydroxylation is 1. The van der Waals surface area contributed by atoms with Crippen LogP contribution in [-0.2, 0) is 13.1 Å². The average Bonchev–Trinajstić information content (AvgIpc) is 3.20. The van der Waals surface area contributed by atoms with Gasteiger partial charge in [0.15, 0.2) is 5.82 Å². The maximum Gasteiger partial charge on any atom is 0.317 e. The summed E-state index contributed by atoms with van der Waals surface area (Å²) in [5, 5.41) is 2.88. The number of imidazole rings is 1. The number of halogens is 1. The summed E-state index contributed by atoms with van der Waals surface area (Å²) in [6, 6.07) is 5.53. The number of piperidine rings is 1. The Morgan fingerprint density at radius 2 is 2.08 bits per heavy atom. The van der Waals surface area contributed by atoms with Gasteiger partial charge in [-0.2, -0.15) is 0 Å². The first-order chi connectivity index (χ1) is 12.2. The fourth-order valence-corrected chi connectivity index (χ4v) is 4.06. The molecule has 1 aromatic carbocycles. The molecule has 2 aromatic rings. The summed E-state index contributed by atoms with van der Waals surface area (Å²) in [4.78, 5) is 20.7. The number of amides is 2. The molecule has 0 aliphatic carbocycles. The van der Waals surface area contributed by atoms with Crippen molar-refractivity contribution in [3.05, 3.63) is 29.8 Å². The van der Waals surface area contributed by atoms with Gasteiger partial charge >= 0.3 is 6.03 Å². The van der Waals surface area contributed by atoms with Gasteiger partial charge in [0.1, 0.15) is 11.3 Å². The van der Waals surface area contributed by atoms with Crippen molar-refractivity contribution in [1.82, 2.24) is 24.7 Å². The predicted octanol–water partition coefficient (Wildman–Crippen LogP) is 2.18. The van der Waals surface area contributed by atoms with Crippen LogP contribution in [0.15, 0.2) is 18.2 Å². The van der Waals surface area contributed by atoms with E-state index in [0.29, 0.717) is 11.6 Å². The number of urea groups is 1. The van der Waals surface area contributed by atoms with Crippen LogP contribution in [0.2, 0.25) is 0 Å². The molecule has 0 atom stereocenters. The van der Waals surface area contributed by atoms with Gasteiger partial charge in [-0.05, 0) is 31.9 Å². The Kier molecular flexibility index (Phi) is 4.33. The van der Waals surface area contributed by atoms with Crippen molar-refractivity contribution >= 4 is 17.1 Å². The lowest BCUT2D eigenvalue weighted by Gasteiger charge is -2.35. The molecule has 0 spiro atoms. The SMILES string of the molecule is CCn1c(CN2CCC(N3CCNC3=O)CC2)nc2c(F)cccc21. The molecular weight excluding hydrogens is 321 g/mol. The maximum absolute atomic E-state index is 14.0. The minimum atomic E-state index is -0.260. The lowest BCUT2D eigenvalue weighted by atomic mass is 10.0. The van der Waals surface area contributed by atoms with E-state index in [2.05, 4.69) is 26.7 Å². The van der Waals surface area contributed by atoms with Gasteiger partial charge in [-0.1, -0.05) is 6.07 Å². The van der Waals surface area contributed by atoms with Crippen LogP contribution in [-0.4, -0.2) is 57.6 Å². The van der Waals surface area contributed by atoms with Crippen molar-refractivity contribution < 1.29 is 9.18 Å². The topological polar surface area (TPSA) is 53.4 Å². The average molecular weight is 345 g/mol. The Morgan fingerprint density at radius 1 is 1.28 bits per heavy atom. The molecule has 4 rings (SSSR count). The Hall–Kier alpha value is -2.15. The van der Waals surface area contributed by atoms with Crippen molar-refractivity contribution in [2.45, 2.75) is 38.9 Å². The lowest BCUT2D eigenvalue weighted by molar-refractivity contribution is 0.129. The van der Waals surface area contributed by atoms with Crippen molar-refractivity contribution in [3.8, 4) is 0 Å². The molecule has 0 radical (unpaired) electrons. The normalized spacial score (nSPS) is 19.8. The van der Waals surface area contributed by atoms with E-state index in [1.54, 1.807) is 6.07 Å². The molecule has 2 fully saturated rings. The standard InChI is InChI=1S/C18H24FN5O/c1-2-23-15-5-3-4-14(19)17(15)21-16(23)12-22-9-6-13(7-10-22)24-11-8-20-18(24)25/h3-5,13H,2,6-12H2,1H3,(H,20,25). The second kappa shape index (κ2) is 6.63. The smallest absolute Gasteiger partial charge is 0.317 e. The van der Waals surface area contributed by atoms with E-state index in [0.717, 1.165) is 63.5 Å². The Labute approximate surface area is 146 Å². The van der Waals surface area contributed by atoms with Crippen molar-refractivity contribution in [3.63, 3.8) is 0 Å². The zero-order chi connectivity index (χ0) is 17.4. The molecule has 3 heterocycles. The van der Waals surface area contributed by atoms with E-state index < -0.39 is 0 Å². The number of rotatable bonds is 4. The minimum absolute atomic E-state index is 0.0710. The lowest BCUT2D eigenvalue weighted by Crippen LogP contribution is -2.46. The van der Waals surface area contributed by atoms with Gasteiger partial charge in [-0.15, -0.1) is 0 Å². The number of nitrogens with one attached hydrogen (secondary N) is 1. The molecule has 25 heavy (non-hydrogen) atoms. The largest absolute Gasteiger partial charge is 0.336 e. The number of carbonyl (C=O) groups is 1. The molecule has 0 bridgehead atoms. The van der Waals surface area contributed by atoms with Crippen molar-refractivity contribution in [2.75, 3.05) is 26.2 Å². The molecule has 0 unspecified atom stereocenters. The zero-order valence-electron chi connectivity index (χ0n) is 14.5. The van der Waals surface area contributed by atoms with E-state index in [9.17, 15) is 9.18 Å². The molecule has 6 nitrogen and oxygen atoms in total. The van der Waals surface area contributed by atoms with E-state index in [-0.39, 0.29) is 11.8 Å². The van der Waals surface area contributed by atoms with Gasteiger partial charge in [0.2, 0.25) is 0 Å². The summed E-state index contributed by atoms with van der Waals surface area (Å²) in [5.41, 5.74) is 1.32. The Balaban J connectivity index is 1.46. The minimum Gasteiger partial charge on any atom is -0.336 e. The molecule has 2 aliphatic rings. The summed E-state index contributed by atoms with van der Waals surface area (Å²) in [6.07, 6.45) is 1.96. The van der Waals surface area contributed by atoms with Gasteiger partial charge in [0, 0.05) is 38.8 Å². The van der Waals surface area contributed by atoms with Crippen LogP contribution in [0.5, 0.6) is 0 Å². The molecule has 2 saturated heterocycles. The molecule has 0 saturated carbocycles. The summed E-state index contributed by atoms with van der Waals surface area (Å²) < 4.78 is 16.1. The quantitative estimate of drug-likeness (QED) is 0.924. The first-order valence-electron chi connectivity index (χ1n) is 9.08. The number of para-hydroxylation sites is 1. The fraction of sp³-hybridized carbons (Fsp3) is 0.556. The highest BCUT2D eigenvalue weighted by atomic mass is 19.1. The number of nitrogens with zero attached hydrogens (tertiary/aromatic N) is 4. The third-order valence-corrected chi connectivity index (χ3v) is 5.38. The van der Waals surface area contributed by atoms with Crippen LogP contribution < -0.4 is 5.32 Å². The van der Waals surface area contributed by atoms with Crippen LogP contribution in [0.1, 0.15) is 25.6 Å². The first-order valence-corrected chi connectivity index (χ1v) is 9.08. The molecule has 1 N–H and O–H groups in total. The summed E-state index contributed by atoms with van der Waals surface area (Å²) in [6.45, 7) is 7.00. The number of carbonyl (C=O) groups excluding carboxylic acids is 1. The Bertz CT molecular complexity index is 781. The van der Waals surface area contributed by atoms with Crippen LogP contribution in [0.4, 0.5) is 9.18 Å². The van der Waals surface area contributed by atoms with Gasteiger partial charge in [0.05, 0.1) is 12.1 Å². The maximum atomic E-state index is 14.0. The van der Waals surface area contributed by atoms with Gasteiger partial charge < -0.3 is 14.8 Å². The first kappa shape index (κ1) is 16.3. The van der Waals surface area contributed by atoms with Gasteiger partial charge in [-0.3, -0.25) is 4.90 Å². The number of aromatic nitrogens is 2. The summed E-state index contributed by atoms with van der Waals surface area (Å²) >= 11 is 0. The number of benzene rings is 1. The molecule has 2 aliphatic heterocycles. The molecule has 7 heteroatoms. The predicted molar refractivity (Wildman–Crippen MR) is 93.8 cm³/mol. The molecular formula is C18H24FN5O. The second-order valence-corrected chi connectivity index (χ2v) is 6.81. The summed E-state index contributed by atoms with van der Waals surface area (Å²) in [7, 11) is 0. The van der Waals surface area contributed by atoms with Crippen LogP contribution in [0.25, 0.3) is 11.0 Å². The van der Waals surface area contributed by atoms with Gasteiger partial charge in [-0.25, -0.2) is 14.2 Å². The third-order valence-electron chi connectivity index (χ3n) is 5.38. The molecule has 2 amide bonds. The number of fused-ring (bicyclic) bond motifs is 1. The van der Waals surface area contributed by atoms with E-state index in [4.69, 9.17) is 0 Å². The molecule has 1 aromatic heterocycles. The second-order valence-electron chi connectivity index (χ2n) is 6.81. The van der Waals surface area contributed by atoms with Gasteiger partial charge in [0.25, 0.3) is 0 Å². The van der Waals surface area contributed by atoms with Crippen molar-refractivity contribution in [1.29, 1.82) is 0 Å². The molecule has 134 valence electrons. The zero-order valence-corrected chi connectivity index (χ0v) is 14.5. The highest BCUT2D eigenvalue weighted by Gasteiger charge is 2.31. The number of likely N-dealkylation sites (tertiary alicyclic amines) is 1. The van der Waals surface area contributed by atoms with Crippen LogP contribution >= 0.6 is 0 Å². The monoisotopic (exact) mass is 345 g/mol. The van der Waals surface area contributed by atoms with Crippen molar-refractivity contribution in [2.24, 2.45) is 0 Å². The highest BCUT2D eigenvalue weighted by Crippen LogP contribution is 2.23. The summed E-state index contributed by atoms with van der Waals surface area (Å²) in [5.74, 6) is 0.657. The highest BCUT2D eigenvalue weighted by molar-refractivity contribution is 5.77. The van der Waals surface area contributed by atoms with Crippen LogP contribution in [0.3, 0.4) is 0 Å². The third kappa shape index (κ3) is 2.97. The number of hydrogen-bond donors (Lipinski definition) is 1. The van der Waals surface area contributed by atoms with E-state index in [1.165, 1.54) is 6.07 Å². The number of hydrogen-bond acceptors (Lipinski definition) is 3. The Morgan fingerprint density at radius 3 is 2.76 bits per heavy atom. The van der Waals surface area contributed by atoms with E-state index >= 15 is 0 Å². The van der Waals surface area contributed by atoms with Crippen LogP contribution in [0, 0.1) is 5.82 Å².